The van der Waals surface area contributed by atoms with Gasteiger partial charge in [0.15, 0.2) is 17.3 Å². The van der Waals surface area contributed by atoms with E-state index in [1.165, 1.54) is 0 Å². The van der Waals surface area contributed by atoms with Gasteiger partial charge in [0.1, 0.15) is 24.9 Å². The zero-order chi connectivity index (χ0) is 31.1. The molecule has 3 aromatic rings. The Bertz CT molecular complexity index is 1550. The SMILES string of the molecule is CCOCCOC(=O)C1C(C)=NC2=C(C(=O)C[C@H](c3ccc(OC)c(OC)c3)C2)[C@@H]1c1ccccc1OCc1ccccc1. The van der Waals surface area contributed by atoms with Crippen molar-refractivity contribution in [2.75, 3.05) is 34.0 Å². The fraction of sp³-hybridized carbons (Fsp3) is 0.361. The van der Waals surface area contributed by atoms with Crippen LogP contribution in [0.4, 0.5) is 0 Å². The molecule has 0 saturated heterocycles. The standard InChI is InChI=1S/C36H39NO7/c1-5-42-17-18-43-36(39)33-23(2)37-28-19-26(25-15-16-31(40-3)32(21-25)41-4)20-29(38)35(28)34(33)27-13-9-10-14-30(27)44-22-24-11-7-6-8-12-24/h6-16,21,26,33-34H,5,17-20,22H2,1-4H3/t26-,33?,34-/m1/s1. The van der Waals surface area contributed by atoms with Gasteiger partial charge in [-0.1, -0.05) is 54.6 Å². The Morgan fingerprint density at radius 2 is 1.64 bits per heavy atom. The molecule has 2 aliphatic rings. The summed E-state index contributed by atoms with van der Waals surface area (Å²) in [7, 11) is 3.19. The number of ketones is 1. The average molecular weight is 598 g/mol. The van der Waals surface area contributed by atoms with Crippen molar-refractivity contribution < 1.29 is 33.3 Å². The second-order valence-corrected chi connectivity index (χ2v) is 10.9. The first-order valence-corrected chi connectivity index (χ1v) is 15.0. The first-order valence-electron chi connectivity index (χ1n) is 15.0. The minimum Gasteiger partial charge on any atom is -0.493 e. The number of carbonyl (C=O) groups is 2. The third-order valence-corrected chi connectivity index (χ3v) is 8.19. The molecule has 0 spiro atoms. The summed E-state index contributed by atoms with van der Waals surface area (Å²) < 4.78 is 28.3. The molecule has 8 nitrogen and oxygen atoms in total. The maximum Gasteiger partial charge on any atom is 0.315 e. The quantitative estimate of drug-likeness (QED) is 0.175. The van der Waals surface area contributed by atoms with Crippen LogP contribution < -0.4 is 14.2 Å². The lowest BCUT2D eigenvalue weighted by Gasteiger charge is -2.37. The molecule has 0 bridgehead atoms. The van der Waals surface area contributed by atoms with Gasteiger partial charge in [0, 0.05) is 41.5 Å². The van der Waals surface area contributed by atoms with Crippen molar-refractivity contribution in [3.63, 3.8) is 0 Å². The van der Waals surface area contributed by atoms with Gasteiger partial charge in [-0.15, -0.1) is 0 Å². The molecule has 44 heavy (non-hydrogen) atoms. The number of esters is 1. The molecule has 0 saturated carbocycles. The van der Waals surface area contributed by atoms with Crippen molar-refractivity contribution in [1.82, 2.24) is 0 Å². The number of carbonyl (C=O) groups excluding carboxylic acids is 2. The number of methoxy groups -OCH3 is 2. The fourth-order valence-corrected chi connectivity index (χ4v) is 6.08. The van der Waals surface area contributed by atoms with Crippen LogP contribution in [0, 0.1) is 5.92 Å². The van der Waals surface area contributed by atoms with Crippen LogP contribution in [0.5, 0.6) is 17.2 Å². The van der Waals surface area contributed by atoms with Crippen LogP contribution in [0.25, 0.3) is 0 Å². The van der Waals surface area contributed by atoms with Crippen LogP contribution in [0.15, 0.2) is 89.1 Å². The van der Waals surface area contributed by atoms with Gasteiger partial charge in [0.25, 0.3) is 0 Å². The van der Waals surface area contributed by atoms with Gasteiger partial charge >= 0.3 is 5.97 Å². The van der Waals surface area contributed by atoms with Crippen LogP contribution in [0.2, 0.25) is 0 Å². The van der Waals surface area contributed by atoms with E-state index in [2.05, 4.69) is 0 Å². The zero-order valence-corrected chi connectivity index (χ0v) is 25.7. The number of rotatable bonds is 12. The van der Waals surface area contributed by atoms with Crippen molar-refractivity contribution in [1.29, 1.82) is 0 Å². The van der Waals surface area contributed by atoms with Gasteiger partial charge in [-0.2, -0.15) is 0 Å². The van der Waals surface area contributed by atoms with E-state index in [9.17, 15) is 9.59 Å². The van der Waals surface area contributed by atoms with E-state index in [4.69, 9.17) is 28.7 Å². The Hall–Kier alpha value is -4.43. The number of benzene rings is 3. The Morgan fingerprint density at radius 1 is 0.886 bits per heavy atom. The molecule has 0 radical (unpaired) electrons. The summed E-state index contributed by atoms with van der Waals surface area (Å²) >= 11 is 0. The maximum absolute atomic E-state index is 14.1. The molecule has 3 atom stereocenters. The number of nitrogens with zero attached hydrogens (tertiary/aromatic N) is 1. The molecular formula is C36H39NO7. The molecule has 0 amide bonds. The van der Waals surface area contributed by atoms with E-state index in [1.54, 1.807) is 14.2 Å². The van der Waals surface area contributed by atoms with Gasteiger partial charge in [0.2, 0.25) is 0 Å². The predicted molar refractivity (Wildman–Crippen MR) is 168 cm³/mol. The van der Waals surface area contributed by atoms with Gasteiger partial charge in [-0.05, 0) is 55.5 Å². The van der Waals surface area contributed by atoms with E-state index >= 15 is 0 Å². The summed E-state index contributed by atoms with van der Waals surface area (Å²) in [5.74, 6) is -0.110. The lowest BCUT2D eigenvalue weighted by atomic mass is 9.69. The summed E-state index contributed by atoms with van der Waals surface area (Å²) in [6, 6.07) is 23.2. The summed E-state index contributed by atoms with van der Waals surface area (Å²) in [5, 5.41) is 0. The first kappa shape index (κ1) is 31.0. The molecule has 8 heteroatoms. The number of ether oxygens (including phenoxy) is 5. The monoisotopic (exact) mass is 597 g/mol. The van der Waals surface area contributed by atoms with Gasteiger partial charge in [-0.3, -0.25) is 14.6 Å². The number of aliphatic imine (C=N–C) groups is 1. The Kier molecular flexibility index (Phi) is 10.1. The van der Waals surface area contributed by atoms with E-state index in [0.717, 1.165) is 16.7 Å². The number of Topliss-reactive ketones (excluding diaryl/α,β-unsaturated/α-hetero) is 1. The van der Waals surface area contributed by atoms with Crippen LogP contribution in [-0.4, -0.2) is 51.5 Å². The Labute approximate surface area is 258 Å². The van der Waals surface area contributed by atoms with Gasteiger partial charge < -0.3 is 23.7 Å². The second kappa shape index (κ2) is 14.4. The summed E-state index contributed by atoms with van der Waals surface area (Å²) in [4.78, 5) is 32.7. The highest BCUT2D eigenvalue weighted by Crippen LogP contribution is 2.49. The minimum atomic E-state index is -0.779. The Morgan fingerprint density at radius 3 is 2.39 bits per heavy atom. The van der Waals surface area contributed by atoms with Crippen molar-refractivity contribution in [2.24, 2.45) is 10.9 Å². The number of hydrogen-bond acceptors (Lipinski definition) is 8. The third kappa shape index (κ3) is 6.70. The number of allylic oxidation sites excluding steroid dienone is 2. The zero-order valence-electron chi connectivity index (χ0n) is 25.7. The van der Waals surface area contributed by atoms with Crippen LogP contribution in [0.3, 0.4) is 0 Å². The van der Waals surface area contributed by atoms with Crippen molar-refractivity contribution in [3.05, 3.63) is 101 Å². The Balaban J connectivity index is 1.53. The van der Waals surface area contributed by atoms with Crippen molar-refractivity contribution in [3.8, 4) is 17.2 Å². The highest BCUT2D eigenvalue weighted by Gasteiger charge is 2.45. The number of para-hydroxylation sites is 1. The van der Waals surface area contributed by atoms with Crippen LogP contribution >= 0.6 is 0 Å². The van der Waals surface area contributed by atoms with E-state index in [1.807, 2.05) is 86.6 Å². The normalized spacial score (nSPS) is 19.6. The largest absolute Gasteiger partial charge is 0.493 e. The molecule has 1 unspecified atom stereocenters. The molecule has 230 valence electrons. The smallest absolute Gasteiger partial charge is 0.315 e. The summed E-state index contributed by atoms with van der Waals surface area (Å²) in [6.45, 7) is 5.02. The third-order valence-electron chi connectivity index (χ3n) is 8.19. The molecule has 3 aromatic carbocycles. The highest BCUT2D eigenvalue weighted by atomic mass is 16.6. The second-order valence-electron chi connectivity index (χ2n) is 10.9. The highest BCUT2D eigenvalue weighted by molar-refractivity contribution is 6.09. The molecule has 0 N–H and O–H groups in total. The lowest BCUT2D eigenvalue weighted by Crippen LogP contribution is -2.38. The van der Waals surface area contributed by atoms with Crippen LogP contribution in [-0.2, 0) is 25.7 Å². The lowest BCUT2D eigenvalue weighted by molar-refractivity contribution is -0.148. The van der Waals surface area contributed by atoms with Crippen molar-refractivity contribution in [2.45, 2.75) is 45.1 Å². The molecular weight excluding hydrogens is 558 g/mol. The average Bonchev–Trinajstić information content (AvgIpc) is 3.05. The van der Waals surface area contributed by atoms with E-state index < -0.39 is 17.8 Å². The fourth-order valence-electron chi connectivity index (χ4n) is 6.08. The summed E-state index contributed by atoms with van der Waals surface area (Å²) in [6.07, 6.45) is 0.822. The van der Waals surface area contributed by atoms with Crippen molar-refractivity contribution >= 4 is 17.5 Å². The van der Waals surface area contributed by atoms with Gasteiger partial charge in [0.05, 0.1) is 20.8 Å². The predicted octanol–water partition coefficient (Wildman–Crippen LogP) is 6.44. The van der Waals surface area contributed by atoms with Crippen LogP contribution in [0.1, 0.15) is 55.2 Å². The first-order chi connectivity index (χ1) is 21.4. The topological polar surface area (TPSA) is 92.7 Å². The molecule has 0 fully saturated rings. The minimum absolute atomic E-state index is 0.0442. The molecule has 5 rings (SSSR count). The summed E-state index contributed by atoms with van der Waals surface area (Å²) in [5.41, 5.74) is 4.59. The molecule has 1 aliphatic carbocycles. The van der Waals surface area contributed by atoms with E-state index in [0.29, 0.717) is 60.5 Å². The maximum atomic E-state index is 14.1. The number of hydrogen-bond donors (Lipinski definition) is 0. The molecule has 0 aromatic heterocycles. The molecule has 1 heterocycles. The van der Waals surface area contributed by atoms with E-state index in [-0.39, 0.29) is 24.7 Å². The van der Waals surface area contributed by atoms with Gasteiger partial charge in [-0.25, -0.2) is 0 Å². The molecule has 1 aliphatic heterocycles.